The first-order valence-corrected chi connectivity index (χ1v) is 5.71. The molecule has 0 N–H and O–H groups in total. The van der Waals surface area contributed by atoms with Gasteiger partial charge >= 0.3 is 0 Å². The van der Waals surface area contributed by atoms with Gasteiger partial charge in [-0.3, -0.25) is 9.00 Å². The zero-order chi connectivity index (χ0) is 10.7. The van der Waals surface area contributed by atoms with Gasteiger partial charge in [0, 0.05) is 4.90 Å². The van der Waals surface area contributed by atoms with Gasteiger partial charge in [0.25, 0.3) is 0 Å². The van der Waals surface area contributed by atoms with Crippen LogP contribution in [-0.2, 0) is 15.6 Å². The van der Waals surface area contributed by atoms with E-state index >= 15 is 0 Å². The van der Waals surface area contributed by atoms with Crippen molar-refractivity contribution in [2.45, 2.75) is 30.9 Å². The topological polar surface area (TPSA) is 34.1 Å². The van der Waals surface area contributed by atoms with Gasteiger partial charge in [0.1, 0.15) is 5.78 Å². The van der Waals surface area contributed by atoms with E-state index < -0.39 is 16.0 Å². The molecule has 1 rings (SSSR count). The van der Waals surface area contributed by atoms with Crippen LogP contribution in [0.15, 0.2) is 29.2 Å². The third kappa shape index (κ3) is 2.51. The van der Waals surface area contributed by atoms with Crippen LogP contribution in [0.2, 0.25) is 0 Å². The Morgan fingerprint density at radius 2 is 1.79 bits per heavy atom. The van der Waals surface area contributed by atoms with Gasteiger partial charge in [0.2, 0.25) is 0 Å². The van der Waals surface area contributed by atoms with E-state index in [4.69, 9.17) is 0 Å². The summed E-state index contributed by atoms with van der Waals surface area (Å²) in [6, 6.07) is 7.43. The lowest BCUT2D eigenvalue weighted by atomic mass is 10.2. The summed E-state index contributed by atoms with van der Waals surface area (Å²) in [5, 5.41) is -0.419. The minimum Gasteiger partial charge on any atom is -0.299 e. The first-order valence-electron chi connectivity index (χ1n) is 4.50. The molecule has 0 aliphatic carbocycles. The summed E-state index contributed by atoms with van der Waals surface area (Å²) in [4.78, 5) is 11.8. The third-order valence-electron chi connectivity index (χ3n) is 2.15. The van der Waals surface area contributed by atoms with Crippen molar-refractivity contribution in [3.8, 4) is 0 Å². The molecule has 0 fully saturated rings. The van der Waals surface area contributed by atoms with Crippen LogP contribution in [0, 0.1) is 6.92 Å². The predicted octanol–water partition coefficient (Wildman–Crippen LogP) is 2.08. The van der Waals surface area contributed by atoms with Crippen LogP contribution in [0.4, 0.5) is 0 Å². The zero-order valence-corrected chi connectivity index (χ0v) is 9.43. The van der Waals surface area contributed by atoms with Crippen LogP contribution in [0.25, 0.3) is 0 Å². The molecule has 0 saturated heterocycles. The van der Waals surface area contributed by atoms with Crippen molar-refractivity contribution >= 4 is 16.6 Å². The van der Waals surface area contributed by atoms with E-state index in [2.05, 4.69) is 0 Å². The van der Waals surface area contributed by atoms with Gasteiger partial charge < -0.3 is 0 Å². The van der Waals surface area contributed by atoms with Gasteiger partial charge in [-0.05, 0) is 32.9 Å². The molecular weight excluding hydrogens is 196 g/mol. The van der Waals surface area contributed by atoms with Crippen molar-refractivity contribution in [3.05, 3.63) is 29.8 Å². The Morgan fingerprint density at radius 3 is 2.21 bits per heavy atom. The van der Waals surface area contributed by atoms with E-state index in [1.807, 2.05) is 31.2 Å². The molecule has 0 bridgehead atoms. The molecule has 2 nitrogen and oxygen atoms in total. The summed E-state index contributed by atoms with van der Waals surface area (Å²) in [5.74, 6) is -0.0380. The summed E-state index contributed by atoms with van der Waals surface area (Å²) in [5.41, 5.74) is 1.13. The fraction of sp³-hybridized carbons (Fsp3) is 0.364. The van der Waals surface area contributed by atoms with Crippen molar-refractivity contribution < 1.29 is 9.00 Å². The Morgan fingerprint density at radius 1 is 1.29 bits per heavy atom. The molecule has 2 atom stereocenters. The molecule has 0 amide bonds. The summed E-state index contributed by atoms with van der Waals surface area (Å²) < 4.78 is 11.8. The molecule has 0 aliphatic rings. The van der Waals surface area contributed by atoms with Gasteiger partial charge in [-0.1, -0.05) is 17.7 Å². The molecule has 0 spiro atoms. The summed E-state index contributed by atoms with van der Waals surface area (Å²) in [6.07, 6.45) is 0. The lowest BCUT2D eigenvalue weighted by Crippen LogP contribution is -2.19. The number of aryl methyl sites for hydroxylation is 1. The van der Waals surface area contributed by atoms with Crippen molar-refractivity contribution in [3.63, 3.8) is 0 Å². The van der Waals surface area contributed by atoms with Crippen LogP contribution < -0.4 is 0 Å². The fourth-order valence-electron chi connectivity index (χ4n) is 1.03. The Bertz CT molecular complexity index is 354. The van der Waals surface area contributed by atoms with Crippen LogP contribution in [0.1, 0.15) is 19.4 Å². The van der Waals surface area contributed by atoms with Crippen molar-refractivity contribution in [2.24, 2.45) is 0 Å². The first-order chi connectivity index (χ1) is 6.52. The van der Waals surface area contributed by atoms with Crippen LogP contribution in [0.3, 0.4) is 0 Å². The zero-order valence-electron chi connectivity index (χ0n) is 8.61. The van der Waals surface area contributed by atoms with E-state index in [1.54, 1.807) is 6.92 Å². The number of hydrogen-bond donors (Lipinski definition) is 0. The van der Waals surface area contributed by atoms with Crippen molar-refractivity contribution in [1.29, 1.82) is 0 Å². The highest BCUT2D eigenvalue weighted by Crippen LogP contribution is 2.12. The molecule has 1 aromatic carbocycles. The maximum absolute atomic E-state index is 11.8. The molecule has 0 radical (unpaired) electrons. The smallest absolute Gasteiger partial charge is 0.145 e. The molecule has 0 saturated carbocycles. The number of carbonyl (C=O) groups excluding carboxylic acids is 1. The molecule has 3 heteroatoms. The molecule has 0 aliphatic heterocycles. The third-order valence-corrected chi connectivity index (χ3v) is 3.86. The number of carbonyl (C=O) groups is 1. The Balaban J connectivity index is 2.90. The highest BCUT2D eigenvalue weighted by molar-refractivity contribution is 7.86. The molecule has 14 heavy (non-hydrogen) atoms. The summed E-state index contributed by atoms with van der Waals surface area (Å²) in [6.45, 7) is 5.14. The monoisotopic (exact) mass is 210 g/mol. The Labute approximate surface area is 86.8 Å². The molecule has 1 aromatic rings. The number of ketones is 1. The van der Waals surface area contributed by atoms with E-state index in [0.29, 0.717) is 0 Å². The summed E-state index contributed by atoms with van der Waals surface area (Å²) >= 11 is 0. The van der Waals surface area contributed by atoms with E-state index in [1.165, 1.54) is 6.92 Å². The molecule has 76 valence electrons. The normalized spacial score (nSPS) is 14.8. The quantitative estimate of drug-likeness (QED) is 0.765. The van der Waals surface area contributed by atoms with Crippen molar-refractivity contribution in [1.82, 2.24) is 0 Å². The minimum absolute atomic E-state index is 0.0380. The average Bonchev–Trinajstić information content (AvgIpc) is 2.16. The maximum Gasteiger partial charge on any atom is 0.145 e. The number of Topliss-reactive ketones (excluding diaryl/α,β-unsaturated/α-hetero) is 1. The van der Waals surface area contributed by atoms with Gasteiger partial charge in [-0.15, -0.1) is 0 Å². The van der Waals surface area contributed by atoms with E-state index in [0.717, 1.165) is 10.5 Å². The first kappa shape index (κ1) is 11.1. The van der Waals surface area contributed by atoms with Gasteiger partial charge in [-0.25, -0.2) is 0 Å². The van der Waals surface area contributed by atoms with Crippen LogP contribution in [0.5, 0.6) is 0 Å². The molecular formula is C11H14O2S. The van der Waals surface area contributed by atoms with E-state index in [9.17, 15) is 9.00 Å². The minimum atomic E-state index is -1.22. The van der Waals surface area contributed by atoms with Gasteiger partial charge in [-0.2, -0.15) is 0 Å². The van der Waals surface area contributed by atoms with Gasteiger partial charge in [0.15, 0.2) is 0 Å². The second kappa shape index (κ2) is 4.51. The van der Waals surface area contributed by atoms with Gasteiger partial charge in [0.05, 0.1) is 16.0 Å². The lowest BCUT2D eigenvalue weighted by molar-refractivity contribution is -0.116. The molecule has 0 aromatic heterocycles. The lowest BCUT2D eigenvalue weighted by Gasteiger charge is -2.07. The van der Waals surface area contributed by atoms with Crippen LogP contribution >= 0.6 is 0 Å². The second-order valence-electron chi connectivity index (χ2n) is 3.36. The second-order valence-corrected chi connectivity index (χ2v) is 5.14. The SMILES string of the molecule is CC(=O)[C@H](C)[S@@](=O)c1ccc(C)cc1. The number of hydrogen-bond acceptors (Lipinski definition) is 2. The maximum atomic E-state index is 11.8. The Hall–Kier alpha value is -0.960. The predicted molar refractivity (Wildman–Crippen MR) is 57.7 cm³/mol. The number of benzene rings is 1. The fourth-order valence-corrected chi connectivity index (χ4v) is 2.14. The highest BCUT2D eigenvalue weighted by atomic mass is 32.2. The van der Waals surface area contributed by atoms with Crippen LogP contribution in [-0.4, -0.2) is 15.2 Å². The van der Waals surface area contributed by atoms with Crippen molar-refractivity contribution in [2.75, 3.05) is 0 Å². The standard InChI is InChI=1S/C11H14O2S/c1-8-4-6-11(7-5-8)14(13)10(3)9(2)12/h4-7,10H,1-3H3/t10-,14+/m0/s1. The molecule has 0 heterocycles. The molecule has 0 unspecified atom stereocenters. The largest absolute Gasteiger partial charge is 0.299 e. The summed E-state index contributed by atoms with van der Waals surface area (Å²) in [7, 11) is -1.22. The number of rotatable bonds is 3. The Kier molecular flexibility index (Phi) is 3.58. The van der Waals surface area contributed by atoms with E-state index in [-0.39, 0.29) is 5.78 Å². The average molecular weight is 210 g/mol. The highest BCUT2D eigenvalue weighted by Gasteiger charge is 2.17.